The zero-order valence-corrected chi connectivity index (χ0v) is 18.8. The van der Waals surface area contributed by atoms with Crippen molar-refractivity contribution in [2.45, 2.75) is 46.8 Å². The molecule has 0 aliphatic carbocycles. The predicted octanol–water partition coefficient (Wildman–Crippen LogP) is 2.80. The van der Waals surface area contributed by atoms with Crippen molar-refractivity contribution in [2.24, 2.45) is 5.41 Å². The van der Waals surface area contributed by atoms with Crippen molar-refractivity contribution in [2.75, 3.05) is 0 Å². The van der Waals surface area contributed by atoms with Crippen LogP contribution in [-0.2, 0) is 13.1 Å². The number of carbonyl (C=O) groups excluding carboxylic acids is 1. The summed E-state index contributed by atoms with van der Waals surface area (Å²) in [4.78, 5) is 33.6. The third-order valence-corrected chi connectivity index (χ3v) is 5.71. The van der Waals surface area contributed by atoms with Gasteiger partial charge >= 0.3 is 0 Å². The van der Waals surface area contributed by atoms with Crippen LogP contribution in [0.15, 0.2) is 59.8 Å². The second-order valence-electron chi connectivity index (χ2n) is 9.09. The first-order valence-electron chi connectivity index (χ1n) is 10.7. The number of nitrogens with one attached hydrogen (secondary N) is 2. The summed E-state index contributed by atoms with van der Waals surface area (Å²) in [6.45, 7) is 9.85. The SMILES string of the molecule is CC(NCc1ccc2nc(CNC(=O)c3cc(=O)n4ccccc4n3)cn2c1)C(C)(C)C. The Morgan fingerprint density at radius 1 is 1.06 bits per heavy atom. The van der Waals surface area contributed by atoms with E-state index in [1.165, 1.54) is 10.5 Å². The zero-order valence-electron chi connectivity index (χ0n) is 18.8. The first-order valence-corrected chi connectivity index (χ1v) is 10.7. The van der Waals surface area contributed by atoms with E-state index < -0.39 is 5.91 Å². The summed E-state index contributed by atoms with van der Waals surface area (Å²) >= 11 is 0. The van der Waals surface area contributed by atoms with Crippen molar-refractivity contribution in [3.63, 3.8) is 0 Å². The fourth-order valence-electron chi connectivity index (χ4n) is 3.29. The number of hydrogen-bond acceptors (Lipinski definition) is 5. The number of aromatic nitrogens is 4. The van der Waals surface area contributed by atoms with Gasteiger partial charge in [-0.25, -0.2) is 9.97 Å². The third-order valence-electron chi connectivity index (χ3n) is 5.71. The average molecular weight is 433 g/mol. The lowest BCUT2D eigenvalue weighted by Crippen LogP contribution is -2.37. The van der Waals surface area contributed by atoms with Gasteiger partial charge < -0.3 is 15.0 Å². The lowest BCUT2D eigenvalue weighted by molar-refractivity contribution is 0.0945. The van der Waals surface area contributed by atoms with Gasteiger partial charge in [0.1, 0.15) is 17.0 Å². The maximum Gasteiger partial charge on any atom is 0.270 e. The topological polar surface area (TPSA) is 92.8 Å². The molecule has 4 heterocycles. The maximum absolute atomic E-state index is 12.5. The normalized spacial score (nSPS) is 12.9. The van der Waals surface area contributed by atoms with E-state index in [9.17, 15) is 9.59 Å². The largest absolute Gasteiger partial charge is 0.345 e. The number of rotatable bonds is 6. The summed E-state index contributed by atoms with van der Waals surface area (Å²) < 4.78 is 3.36. The quantitative estimate of drug-likeness (QED) is 0.489. The standard InChI is InChI=1S/C24H28N6O2/c1-16(24(2,3)4)25-12-17-8-9-20-27-18(15-29(20)14-17)13-26-23(32)19-11-22(31)30-10-6-5-7-21(30)28-19/h5-11,14-16,25H,12-13H2,1-4H3,(H,26,32). The number of amides is 1. The summed E-state index contributed by atoms with van der Waals surface area (Å²) in [5.41, 5.74) is 3.10. The van der Waals surface area contributed by atoms with Gasteiger partial charge in [-0.1, -0.05) is 32.9 Å². The fraction of sp³-hybridized carbons (Fsp3) is 0.333. The van der Waals surface area contributed by atoms with Crippen molar-refractivity contribution >= 4 is 17.2 Å². The van der Waals surface area contributed by atoms with Crippen LogP contribution in [-0.4, -0.2) is 30.7 Å². The van der Waals surface area contributed by atoms with E-state index in [-0.39, 0.29) is 23.2 Å². The summed E-state index contributed by atoms with van der Waals surface area (Å²) in [6, 6.07) is 10.8. The molecule has 1 amide bonds. The molecular weight excluding hydrogens is 404 g/mol. The van der Waals surface area contributed by atoms with E-state index >= 15 is 0 Å². The summed E-state index contributed by atoms with van der Waals surface area (Å²) in [5, 5.41) is 6.36. The predicted molar refractivity (Wildman–Crippen MR) is 124 cm³/mol. The van der Waals surface area contributed by atoms with Crippen LogP contribution in [0.25, 0.3) is 11.3 Å². The third kappa shape index (κ3) is 4.70. The van der Waals surface area contributed by atoms with Gasteiger partial charge in [-0.05, 0) is 36.1 Å². The van der Waals surface area contributed by atoms with E-state index in [0.29, 0.717) is 11.7 Å². The van der Waals surface area contributed by atoms with Gasteiger partial charge in [-0.3, -0.25) is 14.0 Å². The highest BCUT2D eigenvalue weighted by molar-refractivity contribution is 5.92. The Bertz CT molecular complexity index is 1330. The minimum atomic E-state index is -0.411. The van der Waals surface area contributed by atoms with Crippen LogP contribution in [0, 0.1) is 5.41 Å². The van der Waals surface area contributed by atoms with Crippen LogP contribution in [0.1, 0.15) is 49.4 Å². The van der Waals surface area contributed by atoms with Crippen molar-refractivity contribution in [1.82, 2.24) is 29.4 Å². The van der Waals surface area contributed by atoms with E-state index in [1.54, 1.807) is 24.4 Å². The molecule has 1 atom stereocenters. The molecule has 0 fully saturated rings. The first kappa shape index (κ1) is 21.7. The molecule has 32 heavy (non-hydrogen) atoms. The van der Waals surface area contributed by atoms with Gasteiger partial charge in [-0.2, -0.15) is 0 Å². The van der Waals surface area contributed by atoms with Gasteiger partial charge in [0, 0.05) is 37.2 Å². The highest BCUT2D eigenvalue weighted by Crippen LogP contribution is 2.19. The molecule has 1 unspecified atom stereocenters. The van der Waals surface area contributed by atoms with Crippen molar-refractivity contribution in [1.29, 1.82) is 0 Å². The maximum atomic E-state index is 12.5. The minimum Gasteiger partial charge on any atom is -0.345 e. The number of hydrogen-bond donors (Lipinski definition) is 2. The lowest BCUT2D eigenvalue weighted by atomic mass is 9.88. The van der Waals surface area contributed by atoms with E-state index in [1.807, 2.05) is 22.9 Å². The van der Waals surface area contributed by atoms with E-state index in [0.717, 1.165) is 23.4 Å². The molecule has 2 N–H and O–H groups in total. The first-order chi connectivity index (χ1) is 15.2. The molecule has 0 bridgehead atoms. The number of nitrogens with zero attached hydrogens (tertiary/aromatic N) is 4. The van der Waals surface area contributed by atoms with Crippen molar-refractivity contribution in [3.8, 4) is 0 Å². The Balaban J connectivity index is 1.43. The Morgan fingerprint density at radius 2 is 1.88 bits per heavy atom. The summed E-state index contributed by atoms with van der Waals surface area (Å²) in [6.07, 6.45) is 5.56. The highest BCUT2D eigenvalue weighted by atomic mass is 16.2. The molecule has 0 saturated carbocycles. The Morgan fingerprint density at radius 3 is 2.66 bits per heavy atom. The molecular formula is C24H28N6O2. The van der Waals surface area contributed by atoms with Crippen LogP contribution in [0.2, 0.25) is 0 Å². The Hall–Kier alpha value is -3.52. The fourth-order valence-corrected chi connectivity index (χ4v) is 3.29. The summed E-state index contributed by atoms with van der Waals surface area (Å²) in [5.74, 6) is -0.411. The molecule has 0 aromatic carbocycles. The second-order valence-corrected chi connectivity index (χ2v) is 9.09. The highest BCUT2D eigenvalue weighted by Gasteiger charge is 2.19. The van der Waals surface area contributed by atoms with E-state index in [4.69, 9.17) is 0 Å². The van der Waals surface area contributed by atoms with Crippen LogP contribution >= 0.6 is 0 Å². The van der Waals surface area contributed by atoms with Gasteiger partial charge in [0.05, 0.1) is 12.2 Å². The van der Waals surface area contributed by atoms with Crippen LogP contribution < -0.4 is 16.2 Å². The number of fused-ring (bicyclic) bond motifs is 2. The summed E-state index contributed by atoms with van der Waals surface area (Å²) in [7, 11) is 0. The molecule has 4 aromatic rings. The Kier molecular flexibility index (Phi) is 5.80. The van der Waals surface area contributed by atoms with Crippen LogP contribution in [0.3, 0.4) is 0 Å². The molecule has 0 saturated heterocycles. The monoisotopic (exact) mass is 432 g/mol. The smallest absolute Gasteiger partial charge is 0.270 e. The Labute approximate surface area is 186 Å². The molecule has 0 radical (unpaired) electrons. The van der Waals surface area contributed by atoms with Crippen molar-refractivity contribution < 1.29 is 4.79 Å². The second kappa shape index (κ2) is 8.55. The zero-order chi connectivity index (χ0) is 22.9. The lowest BCUT2D eigenvalue weighted by Gasteiger charge is -2.28. The molecule has 0 aliphatic rings. The van der Waals surface area contributed by atoms with Gasteiger partial charge in [0.15, 0.2) is 0 Å². The van der Waals surface area contributed by atoms with Crippen LogP contribution in [0.4, 0.5) is 0 Å². The van der Waals surface area contributed by atoms with Crippen LogP contribution in [0.5, 0.6) is 0 Å². The molecule has 0 spiro atoms. The minimum absolute atomic E-state index is 0.0892. The van der Waals surface area contributed by atoms with Crippen molar-refractivity contribution in [3.05, 3.63) is 82.3 Å². The van der Waals surface area contributed by atoms with Gasteiger partial charge in [0.2, 0.25) is 0 Å². The van der Waals surface area contributed by atoms with E-state index in [2.05, 4.69) is 54.4 Å². The number of pyridine rings is 2. The number of carbonyl (C=O) groups is 1. The number of imidazole rings is 1. The molecule has 0 aliphatic heterocycles. The van der Waals surface area contributed by atoms with Gasteiger partial charge in [0.25, 0.3) is 11.5 Å². The molecule has 4 rings (SSSR count). The molecule has 8 nitrogen and oxygen atoms in total. The molecule has 4 aromatic heterocycles. The molecule has 8 heteroatoms. The molecule has 166 valence electrons. The average Bonchev–Trinajstić information content (AvgIpc) is 3.17. The van der Waals surface area contributed by atoms with Gasteiger partial charge in [-0.15, -0.1) is 0 Å².